The molecule has 1 unspecified atom stereocenters. The third-order valence-corrected chi connectivity index (χ3v) is 6.01. The molecule has 0 aliphatic carbocycles. The summed E-state index contributed by atoms with van der Waals surface area (Å²) < 4.78 is 29.6. The van der Waals surface area contributed by atoms with Crippen molar-refractivity contribution in [1.29, 1.82) is 0 Å². The first-order chi connectivity index (χ1) is 17.9. The Morgan fingerprint density at radius 3 is 2.38 bits per heavy atom. The van der Waals surface area contributed by atoms with Crippen LogP contribution in [-0.4, -0.2) is 48.6 Å². The Morgan fingerprint density at radius 2 is 1.70 bits per heavy atom. The Kier molecular flexibility index (Phi) is 8.20. The summed E-state index contributed by atoms with van der Waals surface area (Å²) in [5.74, 6) is -0.964. The molecule has 1 aliphatic rings. The van der Waals surface area contributed by atoms with E-state index in [9.17, 15) is 19.1 Å². The van der Waals surface area contributed by atoms with Crippen molar-refractivity contribution in [3.63, 3.8) is 0 Å². The van der Waals surface area contributed by atoms with Gasteiger partial charge in [0, 0.05) is 19.2 Å². The van der Waals surface area contributed by atoms with E-state index < -0.39 is 17.7 Å². The summed E-state index contributed by atoms with van der Waals surface area (Å²) in [6, 6.07) is 18.9. The largest absolute Gasteiger partial charge is 0.507 e. The SMILES string of the molecule is CCOc1cccc(/C(O)=C2/C(=O)C(=O)N(CCOC)C2c2ccc(OCc3ccc(F)cc3)cc2)c1. The van der Waals surface area contributed by atoms with Gasteiger partial charge in [0.05, 0.1) is 24.8 Å². The van der Waals surface area contributed by atoms with Crippen molar-refractivity contribution in [2.24, 2.45) is 0 Å². The number of ketones is 1. The van der Waals surface area contributed by atoms with Crippen molar-refractivity contribution in [2.45, 2.75) is 19.6 Å². The standard InChI is InChI=1S/C29H28FNO6/c1-3-36-24-6-4-5-21(17-24)27(32)25-26(31(15-16-35-2)29(34)28(25)33)20-9-13-23(14-10-20)37-18-19-7-11-22(30)12-8-19/h4-14,17,26,32H,3,15-16,18H2,1-2H3/b27-25-. The predicted molar refractivity (Wildman–Crippen MR) is 136 cm³/mol. The number of nitrogens with zero attached hydrogens (tertiary/aromatic N) is 1. The minimum atomic E-state index is -0.808. The third kappa shape index (κ3) is 5.81. The van der Waals surface area contributed by atoms with Gasteiger partial charge in [0.15, 0.2) is 0 Å². The molecule has 1 fully saturated rings. The molecule has 0 aromatic heterocycles. The Hall–Kier alpha value is -4.17. The number of amides is 1. The van der Waals surface area contributed by atoms with Gasteiger partial charge in [-0.1, -0.05) is 36.4 Å². The number of aliphatic hydroxyl groups is 1. The lowest BCUT2D eigenvalue weighted by Gasteiger charge is -2.25. The molecule has 1 heterocycles. The maximum Gasteiger partial charge on any atom is 0.295 e. The number of carbonyl (C=O) groups excluding carboxylic acids is 2. The molecule has 4 rings (SSSR count). The number of carbonyl (C=O) groups is 2. The third-order valence-electron chi connectivity index (χ3n) is 6.01. The second-order valence-electron chi connectivity index (χ2n) is 8.43. The smallest absolute Gasteiger partial charge is 0.295 e. The Balaban J connectivity index is 1.66. The molecular weight excluding hydrogens is 477 g/mol. The topological polar surface area (TPSA) is 85.3 Å². The highest BCUT2D eigenvalue weighted by Gasteiger charge is 2.45. The zero-order chi connectivity index (χ0) is 26.4. The van der Waals surface area contributed by atoms with Crippen molar-refractivity contribution < 1.29 is 33.3 Å². The van der Waals surface area contributed by atoms with E-state index in [2.05, 4.69) is 0 Å². The van der Waals surface area contributed by atoms with Crippen molar-refractivity contribution in [2.75, 3.05) is 26.9 Å². The van der Waals surface area contributed by atoms with Crippen molar-refractivity contribution >= 4 is 17.4 Å². The van der Waals surface area contributed by atoms with Gasteiger partial charge in [-0.25, -0.2) is 4.39 Å². The van der Waals surface area contributed by atoms with E-state index in [-0.39, 0.29) is 36.9 Å². The van der Waals surface area contributed by atoms with Gasteiger partial charge in [0.25, 0.3) is 11.7 Å². The first-order valence-corrected chi connectivity index (χ1v) is 11.9. The normalized spacial score (nSPS) is 16.7. The van der Waals surface area contributed by atoms with Crippen LogP contribution < -0.4 is 9.47 Å². The van der Waals surface area contributed by atoms with Crippen molar-refractivity contribution in [3.05, 3.63) is 101 Å². The van der Waals surface area contributed by atoms with Crippen LogP contribution in [0.1, 0.15) is 29.7 Å². The van der Waals surface area contributed by atoms with Gasteiger partial charge in [-0.15, -0.1) is 0 Å². The van der Waals surface area contributed by atoms with Gasteiger partial charge >= 0.3 is 0 Å². The summed E-state index contributed by atoms with van der Waals surface area (Å²) in [4.78, 5) is 27.5. The van der Waals surface area contributed by atoms with E-state index in [1.165, 1.54) is 24.1 Å². The summed E-state index contributed by atoms with van der Waals surface area (Å²) in [5.41, 5.74) is 1.81. The Bertz CT molecular complexity index is 1290. The van der Waals surface area contributed by atoms with Gasteiger partial charge in [-0.2, -0.15) is 0 Å². The molecule has 8 heteroatoms. The van der Waals surface area contributed by atoms with Crippen LogP contribution in [0.2, 0.25) is 0 Å². The molecule has 0 spiro atoms. The van der Waals surface area contributed by atoms with Crippen LogP contribution in [0.5, 0.6) is 11.5 Å². The van der Waals surface area contributed by atoms with E-state index in [0.717, 1.165) is 5.56 Å². The second kappa shape index (κ2) is 11.7. The number of hydrogen-bond acceptors (Lipinski definition) is 6. The molecule has 1 N–H and O–H groups in total. The Labute approximate surface area is 214 Å². The van der Waals surface area contributed by atoms with Crippen LogP contribution in [-0.2, 0) is 20.9 Å². The van der Waals surface area contributed by atoms with Gasteiger partial charge in [0.1, 0.15) is 29.7 Å². The molecule has 7 nitrogen and oxygen atoms in total. The lowest BCUT2D eigenvalue weighted by molar-refractivity contribution is -0.140. The first-order valence-electron chi connectivity index (χ1n) is 11.9. The van der Waals surface area contributed by atoms with Crippen molar-refractivity contribution in [1.82, 2.24) is 4.90 Å². The molecule has 0 saturated carbocycles. The summed E-state index contributed by atoms with van der Waals surface area (Å²) in [7, 11) is 1.51. The van der Waals surface area contributed by atoms with Gasteiger partial charge in [-0.05, 0) is 54.4 Å². The summed E-state index contributed by atoms with van der Waals surface area (Å²) in [6.07, 6.45) is 0. The van der Waals surface area contributed by atoms with E-state index in [0.29, 0.717) is 29.2 Å². The number of likely N-dealkylation sites (tertiary alicyclic amines) is 1. The van der Waals surface area contributed by atoms with Crippen LogP contribution in [0.25, 0.3) is 5.76 Å². The van der Waals surface area contributed by atoms with Crippen LogP contribution >= 0.6 is 0 Å². The fourth-order valence-corrected chi connectivity index (χ4v) is 4.20. The predicted octanol–water partition coefficient (Wildman–Crippen LogP) is 4.87. The number of halogens is 1. The molecule has 1 atom stereocenters. The number of benzene rings is 3. The zero-order valence-electron chi connectivity index (χ0n) is 20.6. The van der Waals surface area contributed by atoms with E-state index in [1.54, 1.807) is 60.7 Å². The molecular formula is C29H28FNO6. The second-order valence-corrected chi connectivity index (χ2v) is 8.43. The molecule has 3 aromatic carbocycles. The lowest BCUT2D eigenvalue weighted by atomic mass is 9.95. The highest BCUT2D eigenvalue weighted by molar-refractivity contribution is 6.46. The monoisotopic (exact) mass is 505 g/mol. The summed E-state index contributed by atoms with van der Waals surface area (Å²) >= 11 is 0. The van der Waals surface area contributed by atoms with Crippen LogP contribution in [0.15, 0.2) is 78.4 Å². The molecule has 3 aromatic rings. The van der Waals surface area contributed by atoms with Crippen LogP contribution in [0.3, 0.4) is 0 Å². The van der Waals surface area contributed by atoms with Gasteiger partial charge < -0.3 is 24.2 Å². The van der Waals surface area contributed by atoms with Gasteiger partial charge in [0.2, 0.25) is 0 Å². The molecule has 1 saturated heterocycles. The molecule has 1 aliphatic heterocycles. The van der Waals surface area contributed by atoms with Crippen LogP contribution in [0, 0.1) is 5.82 Å². The Morgan fingerprint density at radius 1 is 0.973 bits per heavy atom. The fourth-order valence-electron chi connectivity index (χ4n) is 4.20. The number of ether oxygens (including phenoxy) is 3. The number of rotatable bonds is 10. The van der Waals surface area contributed by atoms with Gasteiger partial charge in [-0.3, -0.25) is 9.59 Å². The summed E-state index contributed by atoms with van der Waals surface area (Å²) in [5, 5.41) is 11.2. The van der Waals surface area contributed by atoms with E-state index in [4.69, 9.17) is 14.2 Å². The average molecular weight is 506 g/mol. The fraction of sp³-hybridized carbons (Fsp3) is 0.241. The summed E-state index contributed by atoms with van der Waals surface area (Å²) in [6.45, 7) is 2.94. The molecule has 192 valence electrons. The van der Waals surface area contributed by atoms with Crippen molar-refractivity contribution in [3.8, 4) is 11.5 Å². The molecule has 0 radical (unpaired) electrons. The zero-order valence-corrected chi connectivity index (χ0v) is 20.6. The number of aliphatic hydroxyl groups excluding tert-OH is 1. The maximum atomic E-state index is 13.1. The molecule has 37 heavy (non-hydrogen) atoms. The quantitative estimate of drug-likeness (QED) is 0.240. The van der Waals surface area contributed by atoms with E-state index >= 15 is 0 Å². The highest BCUT2D eigenvalue weighted by Crippen LogP contribution is 2.40. The number of hydrogen-bond donors (Lipinski definition) is 1. The molecule has 1 amide bonds. The number of Topliss-reactive ketones (excluding diaryl/α,β-unsaturated/α-hetero) is 1. The minimum Gasteiger partial charge on any atom is -0.507 e. The maximum absolute atomic E-state index is 13.1. The number of methoxy groups -OCH3 is 1. The van der Waals surface area contributed by atoms with Crippen LogP contribution in [0.4, 0.5) is 4.39 Å². The first kappa shape index (κ1) is 25.9. The average Bonchev–Trinajstić information content (AvgIpc) is 3.16. The van der Waals surface area contributed by atoms with E-state index in [1.807, 2.05) is 6.92 Å². The minimum absolute atomic E-state index is 0.00488. The highest BCUT2D eigenvalue weighted by atomic mass is 19.1. The lowest BCUT2D eigenvalue weighted by Crippen LogP contribution is -2.32. The molecule has 0 bridgehead atoms.